The number of nitrogens with zero attached hydrogens (tertiary/aromatic N) is 1. The van der Waals surface area contributed by atoms with E-state index in [1.165, 1.54) is 25.7 Å². The molecule has 1 aliphatic rings. The van der Waals surface area contributed by atoms with E-state index in [1.807, 2.05) is 6.07 Å². The fourth-order valence-corrected chi connectivity index (χ4v) is 2.92. The van der Waals surface area contributed by atoms with Crippen LogP contribution in [0.25, 0.3) is 0 Å². The number of amides is 1. The normalized spacial score (nSPS) is 14.4. The average molecular weight is 358 g/mol. The second-order valence-corrected chi connectivity index (χ2v) is 6.27. The third-order valence-electron chi connectivity index (χ3n) is 4.38. The fraction of sp³-hybridized carbons (Fsp3) is 0.500. The van der Waals surface area contributed by atoms with E-state index in [9.17, 15) is 4.79 Å². The van der Waals surface area contributed by atoms with Gasteiger partial charge >= 0.3 is 0 Å². The van der Waals surface area contributed by atoms with Crippen molar-refractivity contribution >= 4 is 11.9 Å². The number of hydrogen-bond acceptors (Lipinski definition) is 3. The molecule has 1 aliphatic carbocycles. The molecule has 0 aromatic heterocycles. The Bertz CT molecular complexity index is 640. The molecule has 0 heterocycles. The number of methoxy groups -OCH3 is 1. The Labute approximate surface area is 156 Å². The van der Waals surface area contributed by atoms with Crippen molar-refractivity contribution in [1.82, 2.24) is 16.0 Å². The van der Waals surface area contributed by atoms with Crippen molar-refractivity contribution in [3.63, 3.8) is 0 Å². The van der Waals surface area contributed by atoms with Crippen molar-refractivity contribution in [2.75, 3.05) is 33.8 Å². The zero-order valence-electron chi connectivity index (χ0n) is 15.8. The predicted molar refractivity (Wildman–Crippen MR) is 106 cm³/mol. The molecular formula is C20H30N4O2. The van der Waals surface area contributed by atoms with Gasteiger partial charge in [-0.2, -0.15) is 0 Å². The van der Waals surface area contributed by atoms with E-state index in [4.69, 9.17) is 4.74 Å². The number of ether oxygens (including phenoxy) is 1. The lowest BCUT2D eigenvalue weighted by atomic mass is 9.97. The smallest absolute Gasteiger partial charge is 0.251 e. The molecule has 6 nitrogen and oxygen atoms in total. The van der Waals surface area contributed by atoms with Gasteiger partial charge < -0.3 is 20.7 Å². The van der Waals surface area contributed by atoms with Crippen molar-refractivity contribution in [1.29, 1.82) is 0 Å². The van der Waals surface area contributed by atoms with E-state index in [0.29, 0.717) is 24.4 Å². The lowest BCUT2D eigenvalue weighted by Gasteiger charge is -2.15. The van der Waals surface area contributed by atoms with Gasteiger partial charge in [-0.3, -0.25) is 9.79 Å². The molecule has 0 saturated heterocycles. The van der Waals surface area contributed by atoms with Crippen LogP contribution in [-0.2, 0) is 0 Å². The van der Waals surface area contributed by atoms with E-state index in [0.717, 1.165) is 18.9 Å². The minimum absolute atomic E-state index is 0.113. The number of carbonyl (C=O) groups is 1. The molecule has 6 heteroatoms. The van der Waals surface area contributed by atoms with Gasteiger partial charge in [0.15, 0.2) is 5.96 Å². The molecule has 1 aromatic carbocycles. The predicted octanol–water partition coefficient (Wildman–Crippen LogP) is 2.48. The van der Waals surface area contributed by atoms with Crippen LogP contribution in [0, 0.1) is 0 Å². The van der Waals surface area contributed by atoms with Crippen LogP contribution in [0.3, 0.4) is 0 Å². The zero-order chi connectivity index (χ0) is 18.6. The second kappa shape index (κ2) is 11.2. The maximum absolute atomic E-state index is 12.1. The summed E-state index contributed by atoms with van der Waals surface area (Å²) in [6, 6.07) is 7.12. The van der Waals surface area contributed by atoms with Gasteiger partial charge in [-0.1, -0.05) is 17.7 Å². The van der Waals surface area contributed by atoms with Crippen LogP contribution < -0.4 is 20.7 Å². The summed E-state index contributed by atoms with van der Waals surface area (Å²) >= 11 is 0. The molecule has 26 heavy (non-hydrogen) atoms. The Balaban J connectivity index is 1.63. The minimum atomic E-state index is -0.113. The number of aliphatic imine (C=N–C) groups is 1. The molecule has 1 amide bonds. The number of allylic oxidation sites excluding steroid dienone is 1. The number of hydrogen-bond donors (Lipinski definition) is 3. The number of rotatable bonds is 8. The molecule has 0 spiro atoms. The first-order chi connectivity index (χ1) is 12.7. The molecule has 0 atom stereocenters. The van der Waals surface area contributed by atoms with Crippen molar-refractivity contribution in [2.45, 2.75) is 32.1 Å². The van der Waals surface area contributed by atoms with E-state index in [-0.39, 0.29) is 5.91 Å². The van der Waals surface area contributed by atoms with Gasteiger partial charge in [0.2, 0.25) is 0 Å². The van der Waals surface area contributed by atoms with Crippen molar-refractivity contribution < 1.29 is 9.53 Å². The third-order valence-corrected chi connectivity index (χ3v) is 4.38. The molecule has 0 aliphatic heterocycles. The maximum atomic E-state index is 12.1. The maximum Gasteiger partial charge on any atom is 0.251 e. The summed E-state index contributed by atoms with van der Waals surface area (Å²) in [4.78, 5) is 16.3. The molecule has 0 saturated carbocycles. The molecule has 1 aromatic rings. The van der Waals surface area contributed by atoms with Crippen LogP contribution in [0.1, 0.15) is 42.5 Å². The summed E-state index contributed by atoms with van der Waals surface area (Å²) in [6.45, 7) is 2.00. The monoisotopic (exact) mass is 358 g/mol. The number of carbonyl (C=O) groups excluding carboxylic acids is 1. The highest BCUT2D eigenvalue weighted by Crippen LogP contribution is 2.19. The second-order valence-electron chi connectivity index (χ2n) is 6.27. The van der Waals surface area contributed by atoms with Crippen molar-refractivity contribution in [2.24, 2.45) is 4.99 Å². The van der Waals surface area contributed by atoms with Gasteiger partial charge in [0.25, 0.3) is 5.91 Å². The first-order valence-electron chi connectivity index (χ1n) is 9.27. The Morgan fingerprint density at radius 3 is 2.69 bits per heavy atom. The van der Waals surface area contributed by atoms with Crippen LogP contribution >= 0.6 is 0 Å². The van der Waals surface area contributed by atoms with Crippen LogP contribution in [-0.4, -0.2) is 45.7 Å². The van der Waals surface area contributed by atoms with Gasteiger partial charge in [0.1, 0.15) is 5.75 Å². The van der Waals surface area contributed by atoms with Gasteiger partial charge in [-0.05, 0) is 50.3 Å². The lowest BCUT2D eigenvalue weighted by Crippen LogP contribution is -2.41. The number of guanidine groups is 1. The highest BCUT2D eigenvalue weighted by atomic mass is 16.5. The van der Waals surface area contributed by atoms with Crippen molar-refractivity contribution in [3.05, 3.63) is 41.5 Å². The van der Waals surface area contributed by atoms with E-state index < -0.39 is 0 Å². The Kier molecular flexibility index (Phi) is 8.52. The molecule has 0 unspecified atom stereocenters. The lowest BCUT2D eigenvalue weighted by molar-refractivity contribution is 0.0954. The largest absolute Gasteiger partial charge is 0.497 e. The Morgan fingerprint density at radius 2 is 1.96 bits per heavy atom. The first-order valence-corrected chi connectivity index (χ1v) is 9.27. The zero-order valence-corrected chi connectivity index (χ0v) is 15.8. The van der Waals surface area contributed by atoms with E-state index in [2.05, 4.69) is 27.0 Å². The Hall–Kier alpha value is -2.50. The molecule has 2 rings (SSSR count). The number of nitrogens with one attached hydrogen (secondary N) is 3. The summed E-state index contributed by atoms with van der Waals surface area (Å²) in [7, 11) is 3.34. The van der Waals surface area contributed by atoms with Crippen LogP contribution in [0.15, 0.2) is 40.9 Å². The molecular weight excluding hydrogens is 328 g/mol. The van der Waals surface area contributed by atoms with Gasteiger partial charge in [0, 0.05) is 32.2 Å². The SMILES string of the molecule is CN=C(NCCNC(=O)c1cccc(OC)c1)NCCC1=CCCCC1. The van der Waals surface area contributed by atoms with Crippen LogP contribution in [0.2, 0.25) is 0 Å². The molecule has 0 radical (unpaired) electrons. The minimum Gasteiger partial charge on any atom is -0.497 e. The highest BCUT2D eigenvalue weighted by molar-refractivity contribution is 5.94. The highest BCUT2D eigenvalue weighted by Gasteiger charge is 2.06. The van der Waals surface area contributed by atoms with E-state index >= 15 is 0 Å². The van der Waals surface area contributed by atoms with Crippen LogP contribution in [0.4, 0.5) is 0 Å². The van der Waals surface area contributed by atoms with Crippen LogP contribution in [0.5, 0.6) is 5.75 Å². The summed E-state index contributed by atoms with van der Waals surface area (Å²) in [5.74, 6) is 1.32. The quantitative estimate of drug-likeness (QED) is 0.289. The van der Waals surface area contributed by atoms with Gasteiger partial charge in [-0.25, -0.2) is 0 Å². The Morgan fingerprint density at radius 1 is 1.15 bits per heavy atom. The summed E-state index contributed by atoms with van der Waals surface area (Å²) in [6.07, 6.45) is 8.51. The van der Waals surface area contributed by atoms with Gasteiger partial charge in [-0.15, -0.1) is 0 Å². The summed E-state index contributed by atoms with van der Waals surface area (Å²) in [5.41, 5.74) is 2.14. The first kappa shape index (κ1) is 19.8. The summed E-state index contributed by atoms with van der Waals surface area (Å²) < 4.78 is 5.14. The average Bonchev–Trinajstić information content (AvgIpc) is 2.70. The van der Waals surface area contributed by atoms with Crippen molar-refractivity contribution in [3.8, 4) is 5.75 Å². The molecule has 3 N–H and O–H groups in total. The molecule has 0 fully saturated rings. The molecule has 0 bridgehead atoms. The fourth-order valence-electron chi connectivity index (χ4n) is 2.92. The summed E-state index contributed by atoms with van der Waals surface area (Å²) in [5, 5.41) is 9.43. The number of benzene rings is 1. The topological polar surface area (TPSA) is 74.8 Å². The van der Waals surface area contributed by atoms with E-state index in [1.54, 1.807) is 37.9 Å². The molecule has 142 valence electrons. The van der Waals surface area contributed by atoms with Gasteiger partial charge in [0.05, 0.1) is 7.11 Å². The standard InChI is InChI=1S/C20H30N4O2/c1-21-20(23-12-11-16-7-4-3-5-8-16)24-14-13-22-19(25)17-9-6-10-18(15-17)26-2/h6-7,9-10,15H,3-5,8,11-14H2,1-2H3,(H,22,25)(H2,21,23,24). The third kappa shape index (κ3) is 6.78.